The normalized spacial score (nSPS) is 12.4. The molecule has 1 atom stereocenters. The number of aromatic nitrogens is 3. The zero-order chi connectivity index (χ0) is 13.8. The van der Waals surface area contributed by atoms with Crippen molar-refractivity contribution in [2.75, 3.05) is 7.11 Å². The third-order valence-electron chi connectivity index (χ3n) is 2.93. The Hall–Kier alpha value is -1.59. The van der Waals surface area contributed by atoms with Crippen LogP contribution in [0.4, 0.5) is 0 Å². The largest absolute Gasteiger partial charge is 0.493 e. The van der Waals surface area contributed by atoms with Crippen molar-refractivity contribution in [2.45, 2.75) is 25.9 Å². The first kappa shape index (κ1) is 13.8. The summed E-state index contributed by atoms with van der Waals surface area (Å²) in [5, 5.41) is 4.85. The van der Waals surface area contributed by atoms with Gasteiger partial charge in [0.1, 0.15) is 5.69 Å². The number of nitrogens with zero attached hydrogens (tertiary/aromatic N) is 3. The predicted molar refractivity (Wildman–Crippen MR) is 74.3 cm³/mol. The molecule has 0 bridgehead atoms. The Bertz CT molecular complexity index is 555. The molecule has 0 aliphatic heterocycles. The Morgan fingerprint density at radius 1 is 1.47 bits per heavy atom. The molecule has 19 heavy (non-hydrogen) atoms. The first-order valence-electron chi connectivity index (χ1n) is 6.13. The van der Waals surface area contributed by atoms with E-state index in [1.165, 1.54) is 0 Å². The van der Waals surface area contributed by atoms with Crippen LogP contribution in [0.15, 0.2) is 24.7 Å². The zero-order valence-corrected chi connectivity index (χ0v) is 11.8. The van der Waals surface area contributed by atoms with E-state index in [0.717, 1.165) is 24.2 Å². The fourth-order valence-corrected chi connectivity index (χ4v) is 2.26. The van der Waals surface area contributed by atoms with Crippen molar-refractivity contribution in [3.8, 4) is 5.75 Å². The van der Waals surface area contributed by atoms with E-state index in [2.05, 4.69) is 17.0 Å². The number of hydrogen-bond donors (Lipinski definition) is 1. The summed E-state index contributed by atoms with van der Waals surface area (Å²) < 4.78 is 7.19. The summed E-state index contributed by atoms with van der Waals surface area (Å²) in [5.41, 5.74) is 7.96. The molecule has 2 aromatic heterocycles. The Morgan fingerprint density at radius 3 is 2.89 bits per heavy atom. The minimum Gasteiger partial charge on any atom is -0.493 e. The van der Waals surface area contributed by atoms with Gasteiger partial charge in [0.15, 0.2) is 5.75 Å². The van der Waals surface area contributed by atoms with Crippen LogP contribution in [0.1, 0.15) is 30.6 Å². The first-order valence-corrected chi connectivity index (χ1v) is 6.51. The summed E-state index contributed by atoms with van der Waals surface area (Å²) in [6.45, 7) is 2.87. The van der Waals surface area contributed by atoms with E-state index in [1.807, 2.05) is 10.7 Å². The van der Waals surface area contributed by atoms with Gasteiger partial charge in [-0.05, 0) is 18.1 Å². The number of pyridine rings is 1. The average molecular weight is 281 g/mol. The molecular formula is C13H17ClN4O. The first-order chi connectivity index (χ1) is 9.19. The van der Waals surface area contributed by atoms with Gasteiger partial charge in [-0.1, -0.05) is 18.5 Å². The predicted octanol–water partition coefficient (Wildman–Crippen LogP) is 2.40. The van der Waals surface area contributed by atoms with Gasteiger partial charge in [0.2, 0.25) is 0 Å². The highest BCUT2D eigenvalue weighted by Crippen LogP contribution is 2.31. The van der Waals surface area contributed by atoms with E-state index in [0.29, 0.717) is 10.8 Å². The molecule has 102 valence electrons. The van der Waals surface area contributed by atoms with Crippen LogP contribution in [0.3, 0.4) is 0 Å². The van der Waals surface area contributed by atoms with Gasteiger partial charge in [-0.3, -0.25) is 9.67 Å². The SMILES string of the molecule is CCCn1ncc(OC)c1C(N)c1ccncc1Cl. The lowest BCUT2D eigenvalue weighted by atomic mass is 10.1. The quantitative estimate of drug-likeness (QED) is 0.913. The molecular weight excluding hydrogens is 264 g/mol. The van der Waals surface area contributed by atoms with Gasteiger partial charge in [-0.15, -0.1) is 0 Å². The zero-order valence-electron chi connectivity index (χ0n) is 11.0. The smallest absolute Gasteiger partial charge is 0.161 e. The summed E-state index contributed by atoms with van der Waals surface area (Å²) in [4.78, 5) is 3.97. The third kappa shape index (κ3) is 2.72. The molecule has 2 aromatic rings. The summed E-state index contributed by atoms with van der Waals surface area (Å²) >= 11 is 6.15. The number of rotatable bonds is 5. The Labute approximate surface area is 117 Å². The number of aryl methyl sites for hydroxylation is 1. The van der Waals surface area contributed by atoms with Crippen molar-refractivity contribution >= 4 is 11.6 Å². The van der Waals surface area contributed by atoms with Crippen molar-refractivity contribution in [3.05, 3.63) is 40.9 Å². The molecule has 0 amide bonds. The van der Waals surface area contributed by atoms with Gasteiger partial charge in [-0.2, -0.15) is 5.10 Å². The molecule has 2 heterocycles. The number of ether oxygens (including phenoxy) is 1. The molecule has 0 aliphatic carbocycles. The van der Waals surface area contributed by atoms with E-state index in [1.54, 1.807) is 25.7 Å². The molecule has 6 heteroatoms. The molecule has 0 saturated carbocycles. The lowest BCUT2D eigenvalue weighted by Gasteiger charge is -2.16. The fourth-order valence-electron chi connectivity index (χ4n) is 2.02. The Kier molecular flexibility index (Phi) is 4.39. The average Bonchev–Trinajstić information content (AvgIpc) is 2.82. The molecule has 5 nitrogen and oxygen atoms in total. The van der Waals surface area contributed by atoms with Crippen molar-refractivity contribution in [1.29, 1.82) is 0 Å². The summed E-state index contributed by atoms with van der Waals surface area (Å²) in [6.07, 6.45) is 5.91. The standard InChI is InChI=1S/C13H17ClN4O/c1-3-6-18-13(11(19-2)8-17-18)12(15)9-4-5-16-7-10(9)14/h4-5,7-8,12H,3,6,15H2,1-2H3. The summed E-state index contributed by atoms with van der Waals surface area (Å²) in [7, 11) is 1.61. The molecule has 0 aliphatic rings. The van der Waals surface area contributed by atoms with Crippen LogP contribution >= 0.6 is 11.6 Å². The second kappa shape index (κ2) is 6.04. The molecule has 2 N–H and O–H groups in total. The van der Waals surface area contributed by atoms with Gasteiger partial charge < -0.3 is 10.5 Å². The van der Waals surface area contributed by atoms with Crippen LogP contribution in [0, 0.1) is 0 Å². The highest BCUT2D eigenvalue weighted by molar-refractivity contribution is 6.31. The number of methoxy groups -OCH3 is 1. The topological polar surface area (TPSA) is 66.0 Å². The maximum absolute atomic E-state index is 6.32. The summed E-state index contributed by atoms with van der Waals surface area (Å²) in [5.74, 6) is 0.675. The number of halogens is 1. The van der Waals surface area contributed by atoms with E-state index >= 15 is 0 Å². The van der Waals surface area contributed by atoms with Gasteiger partial charge in [0.25, 0.3) is 0 Å². The van der Waals surface area contributed by atoms with Crippen molar-refractivity contribution in [3.63, 3.8) is 0 Å². The van der Waals surface area contributed by atoms with Crippen LogP contribution < -0.4 is 10.5 Å². The lowest BCUT2D eigenvalue weighted by Crippen LogP contribution is -2.19. The van der Waals surface area contributed by atoms with Crippen molar-refractivity contribution in [2.24, 2.45) is 5.73 Å². The molecule has 2 rings (SSSR count). The molecule has 0 saturated heterocycles. The lowest BCUT2D eigenvalue weighted by molar-refractivity contribution is 0.404. The maximum Gasteiger partial charge on any atom is 0.161 e. The minimum absolute atomic E-state index is 0.389. The highest BCUT2D eigenvalue weighted by Gasteiger charge is 2.21. The van der Waals surface area contributed by atoms with E-state index < -0.39 is 0 Å². The second-order valence-electron chi connectivity index (χ2n) is 4.20. The second-order valence-corrected chi connectivity index (χ2v) is 4.60. The van der Waals surface area contributed by atoms with Crippen molar-refractivity contribution < 1.29 is 4.74 Å². The molecule has 0 aromatic carbocycles. The van der Waals surface area contributed by atoms with Gasteiger partial charge in [0, 0.05) is 18.9 Å². The fraction of sp³-hybridized carbons (Fsp3) is 0.385. The van der Waals surface area contributed by atoms with Crippen molar-refractivity contribution in [1.82, 2.24) is 14.8 Å². The minimum atomic E-state index is -0.389. The molecule has 1 unspecified atom stereocenters. The van der Waals surface area contributed by atoms with Crippen LogP contribution in [-0.4, -0.2) is 21.9 Å². The van der Waals surface area contributed by atoms with Crippen LogP contribution in [0.2, 0.25) is 5.02 Å². The Balaban J connectivity index is 2.45. The van der Waals surface area contributed by atoms with E-state index in [9.17, 15) is 0 Å². The Morgan fingerprint density at radius 2 is 2.26 bits per heavy atom. The number of nitrogens with two attached hydrogens (primary N) is 1. The van der Waals surface area contributed by atoms with Gasteiger partial charge in [0.05, 0.1) is 24.4 Å². The maximum atomic E-state index is 6.32. The number of hydrogen-bond acceptors (Lipinski definition) is 4. The molecule has 0 spiro atoms. The third-order valence-corrected chi connectivity index (χ3v) is 3.25. The summed E-state index contributed by atoms with van der Waals surface area (Å²) in [6, 6.07) is 1.43. The van der Waals surface area contributed by atoms with E-state index in [-0.39, 0.29) is 6.04 Å². The van der Waals surface area contributed by atoms with Gasteiger partial charge in [-0.25, -0.2) is 0 Å². The molecule has 0 fully saturated rings. The van der Waals surface area contributed by atoms with Crippen LogP contribution in [0.25, 0.3) is 0 Å². The van der Waals surface area contributed by atoms with Crippen LogP contribution in [0.5, 0.6) is 5.75 Å². The highest BCUT2D eigenvalue weighted by atomic mass is 35.5. The van der Waals surface area contributed by atoms with Crippen LogP contribution in [-0.2, 0) is 6.54 Å². The van der Waals surface area contributed by atoms with Gasteiger partial charge >= 0.3 is 0 Å². The monoisotopic (exact) mass is 280 g/mol. The van der Waals surface area contributed by atoms with E-state index in [4.69, 9.17) is 22.1 Å². The molecule has 0 radical (unpaired) electrons.